The Morgan fingerprint density at radius 1 is 1.14 bits per heavy atom. The van der Waals surface area contributed by atoms with Gasteiger partial charge in [0, 0.05) is 32.2 Å². The summed E-state index contributed by atoms with van der Waals surface area (Å²) in [5.74, 6) is -0.207. The van der Waals surface area contributed by atoms with Crippen molar-refractivity contribution in [3.8, 4) is 5.75 Å². The van der Waals surface area contributed by atoms with Crippen LogP contribution in [0.3, 0.4) is 0 Å². The van der Waals surface area contributed by atoms with Crippen molar-refractivity contribution in [2.24, 2.45) is 5.41 Å². The summed E-state index contributed by atoms with van der Waals surface area (Å²) < 4.78 is 42.2. The molecule has 4 nitrogen and oxygen atoms in total. The van der Waals surface area contributed by atoms with E-state index in [4.69, 9.17) is 0 Å². The van der Waals surface area contributed by atoms with E-state index in [9.17, 15) is 18.3 Å². The average Bonchev–Trinajstić information content (AvgIpc) is 2.85. The number of hydrogen-bond acceptors (Lipinski definition) is 4. The lowest BCUT2D eigenvalue weighted by molar-refractivity contribution is -0.274. The number of alkyl halides is 3. The molecule has 0 bridgehead atoms. The van der Waals surface area contributed by atoms with Gasteiger partial charge >= 0.3 is 6.36 Å². The van der Waals surface area contributed by atoms with Crippen molar-refractivity contribution in [3.63, 3.8) is 0 Å². The number of aliphatic hydroxyl groups is 1. The Morgan fingerprint density at radius 3 is 2.39 bits per heavy atom. The summed E-state index contributed by atoms with van der Waals surface area (Å²) in [6.07, 6.45) is -1.55. The molecule has 0 spiro atoms. The molecule has 3 rings (SSSR count). The van der Waals surface area contributed by atoms with Gasteiger partial charge in [0.15, 0.2) is 0 Å². The predicted octanol–water partition coefficient (Wildman–Crippen LogP) is 4.21. The standard InChI is InChI=1S/C21H31F3N2O2/c1-19(2)8-5-9-20(19,27)15-18(26-12-10-25(3)11-13-26)16-6-4-7-17(14-16)28-21(22,23)24/h4,6-7,14,18,27H,5,8-13,15H2,1-3H3. The van der Waals surface area contributed by atoms with Gasteiger partial charge in [0.05, 0.1) is 5.60 Å². The maximum atomic E-state index is 12.7. The zero-order valence-electron chi connectivity index (χ0n) is 16.9. The number of halogens is 3. The number of rotatable bonds is 5. The smallest absolute Gasteiger partial charge is 0.406 e. The largest absolute Gasteiger partial charge is 0.573 e. The number of nitrogens with zero attached hydrogens (tertiary/aromatic N) is 2. The molecule has 1 aliphatic heterocycles. The second-order valence-electron chi connectivity index (χ2n) is 8.95. The van der Waals surface area contributed by atoms with E-state index in [1.165, 1.54) is 12.1 Å². The van der Waals surface area contributed by atoms with Gasteiger partial charge in [-0.15, -0.1) is 13.2 Å². The Balaban J connectivity index is 1.89. The summed E-state index contributed by atoms with van der Waals surface area (Å²) in [5, 5.41) is 11.4. The highest BCUT2D eigenvalue weighted by atomic mass is 19.4. The first-order valence-electron chi connectivity index (χ1n) is 10.00. The molecule has 0 amide bonds. The third kappa shape index (κ3) is 4.81. The molecule has 0 aromatic heterocycles. The van der Waals surface area contributed by atoms with E-state index in [0.717, 1.165) is 51.0 Å². The highest BCUT2D eigenvalue weighted by Gasteiger charge is 2.49. The maximum Gasteiger partial charge on any atom is 0.573 e. The number of piperazine rings is 1. The van der Waals surface area contributed by atoms with Crippen LogP contribution in [0.5, 0.6) is 5.75 Å². The molecule has 0 radical (unpaired) electrons. The molecule has 28 heavy (non-hydrogen) atoms. The molecular formula is C21H31F3N2O2. The molecule has 1 N–H and O–H groups in total. The van der Waals surface area contributed by atoms with Crippen LogP contribution >= 0.6 is 0 Å². The fraction of sp³-hybridized carbons (Fsp3) is 0.714. The van der Waals surface area contributed by atoms with Gasteiger partial charge in [-0.3, -0.25) is 4.90 Å². The van der Waals surface area contributed by atoms with Gasteiger partial charge in [-0.1, -0.05) is 26.0 Å². The maximum absolute atomic E-state index is 12.7. The molecule has 1 aromatic rings. The molecule has 1 saturated carbocycles. The molecule has 1 saturated heterocycles. The van der Waals surface area contributed by atoms with E-state index in [-0.39, 0.29) is 17.2 Å². The van der Waals surface area contributed by atoms with Gasteiger partial charge in [0.2, 0.25) is 0 Å². The van der Waals surface area contributed by atoms with Crippen molar-refractivity contribution < 1.29 is 23.0 Å². The number of likely N-dealkylation sites (N-methyl/N-ethyl adjacent to an activating group) is 1. The van der Waals surface area contributed by atoms with Gasteiger partial charge < -0.3 is 14.7 Å². The topological polar surface area (TPSA) is 35.9 Å². The van der Waals surface area contributed by atoms with Crippen LogP contribution in [0.15, 0.2) is 24.3 Å². The van der Waals surface area contributed by atoms with E-state index < -0.39 is 12.0 Å². The summed E-state index contributed by atoms with van der Waals surface area (Å²) in [5.41, 5.74) is -0.276. The highest BCUT2D eigenvalue weighted by molar-refractivity contribution is 5.31. The molecule has 1 heterocycles. The molecular weight excluding hydrogens is 369 g/mol. The zero-order chi connectivity index (χ0) is 20.6. The first-order valence-corrected chi connectivity index (χ1v) is 10.00. The van der Waals surface area contributed by atoms with Crippen LogP contribution in [0.2, 0.25) is 0 Å². The van der Waals surface area contributed by atoms with Gasteiger partial charge in [-0.25, -0.2) is 0 Å². The van der Waals surface area contributed by atoms with Gasteiger partial charge in [-0.2, -0.15) is 0 Å². The summed E-state index contributed by atoms with van der Waals surface area (Å²) in [4.78, 5) is 4.53. The second kappa shape index (κ2) is 7.84. The van der Waals surface area contributed by atoms with Crippen LogP contribution in [0.4, 0.5) is 13.2 Å². The van der Waals surface area contributed by atoms with Crippen LogP contribution in [-0.4, -0.2) is 60.1 Å². The molecule has 2 unspecified atom stereocenters. The van der Waals surface area contributed by atoms with Gasteiger partial charge in [0.1, 0.15) is 5.75 Å². The lowest BCUT2D eigenvalue weighted by Gasteiger charge is -2.44. The summed E-state index contributed by atoms with van der Waals surface area (Å²) in [7, 11) is 2.07. The van der Waals surface area contributed by atoms with Gasteiger partial charge in [0.25, 0.3) is 0 Å². The Morgan fingerprint density at radius 2 is 1.82 bits per heavy atom. The van der Waals surface area contributed by atoms with E-state index in [1.54, 1.807) is 6.07 Å². The molecule has 7 heteroatoms. The minimum absolute atomic E-state index is 0.146. The third-order valence-corrected chi connectivity index (χ3v) is 6.64. The minimum Gasteiger partial charge on any atom is -0.406 e. The lowest BCUT2D eigenvalue weighted by Crippen LogP contribution is -2.49. The van der Waals surface area contributed by atoms with Crippen LogP contribution in [0, 0.1) is 5.41 Å². The first kappa shape index (κ1) is 21.4. The highest BCUT2D eigenvalue weighted by Crippen LogP contribution is 2.51. The molecule has 1 aromatic carbocycles. The zero-order valence-corrected chi connectivity index (χ0v) is 16.9. The molecule has 158 valence electrons. The number of hydrogen-bond donors (Lipinski definition) is 1. The van der Waals surface area contributed by atoms with E-state index in [1.807, 2.05) is 6.07 Å². The first-order chi connectivity index (χ1) is 13.0. The van der Waals surface area contributed by atoms with Crippen molar-refractivity contribution in [2.75, 3.05) is 33.2 Å². The minimum atomic E-state index is -4.71. The number of ether oxygens (including phenoxy) is 1. The fourth-order valence-corrected chi connectivity index (χ4v) is 4.60. The average molecular weight is 400 g/mol. The van der Waals surface area contributed by atoms with Crippen molar-refractivity contribution in [2.45, 2.75) is 57.5 Å². The Kier molecular flexibility index (Phi) is 5.99. The van der Waals surface area contributed by atoms with Crippen LogP contribution in [0.25, 0.3) is 0 Å². The van der Waals surface area contributed by atoms with Crippen molar-refractivity contribution >= 4 is 0 Å². The van der Waals surface area contributed by atoms with E-state index >= 15 is 0 Å². The van der Waals surface area contributed by atoms with Crippen molar-refractivity contribution in [1.82, 2.24) is 9.80 Å². The third-order valence-electron chi connectivity index (χ3n) is 6.64. The van der Waals surface area contributed by atoms with Crippen molar-refractivity contribution in [1.29, 1.82) is 0 Å². The fourth-order valence-electron chi connectivity index (χ4n) is 4.60. The monoisotopic (exact) mass is 400 g/mol. The molecule has 1 aliphatic carbocycles. The SMILES string of the molecule is CN1CCN(C(CC2(O)CCCC2(C)C)c2cccc(OC(F)(F)F)c2)CC1. The normalized spacial score (nSPS) is 27.7. The predicted molar refractivity (Wildman–Crippen MR) is 102 cm³/mol. The van der Waals surface area contributed by atoms with E-state index in [2.05, 4.69) is 35.4 Å². The summed E-state index contributed by atoms with van der Waals surface area (Å²) in [6.45, 7) is 7.62. The van der Waals surface area contributed by atoms with Crippen LogP contribution in [0.1, 0.15) is 51.1 Å². The quantitative estimate of drug-likeness (QED) is 0.804. The lowest BCUT2D eigenvalue weighted by atomic mass is 9.73. The van der Waals surface area contributed by atoms with Crippen molar-refractivity contribution in [3.05, 3.63) is 29.8 Å². The Bertz CT molecular complexity index is 672. The van der Waals surface area contributed by atoms with Crippen LogP contribution in [-0.2, 0) is 0 Å². The second-order valence-corrected chi connectivity index (χ2v) is 8.95. The Labute approximate surface area is 165 Å². The van der Waals surface area contributed by atoms with Crippen LogP contribution < -0.4 is 4.74 Å². The molecule has 2 atom stereocenters. The molecule has 2 fully saturated rings. The molecule has 2 aliphatic rings. The summed E-state index contributed by atoms with van der Waals surface area (Å²) in [6, 6.07) is 6.10. The number of benzene rings is 1. The summed E-state index contributed by atoms with van der Waals surface area (Å²) >= 11 is 0. The van der Waals surface area contributed by atoms with E-state index in [0.29, 0.717) is 6.42 Å². The van der Waals surface area contributed by atoms with Gasteiger partial charge in [-0.05, 0) is 55.8 Å². The Hall–Kier alpha value is -1.31.